The highest BCUT2D eigenvalue weighted by molar-refractivity contribution is 8.37. The second-order valence-electron chi connectivity index (χ2n) is 5.34. The summed E-state index contributed by atoms with van der Waals surface area (Å²) in [6, 6.07) is 0. The molecule has 0 spiro atoms. The van der Waals surface area contributed by atoms with Crippen molar-refractivity contribution in [2.45, 2.75) is 27.5 Å². The molecular formula is C15H30S18. The third-order valence-electron chi connectivity index (χ3n) is 3.49. The summed E-state index contributed by atoms with van der Waals surface area (Å²) in [6.45, 7) is 0. The molecule has 1 aliphatic rings. The van der Waals surface area contributed by atoms with Crippen molar-refractivity contribution in [1.29, 1.82) is 0 Å². The average molecular weight is 788 g/mol. The Balaban J connectivity index is 2.49. The average Bonchev–Trinajstić information content (AvgIpc) is 3.25. The first-order chi connectivity index (χ1) is 16.1. The van der Waals surface area contributed by atoms with Gasteiger partial charge in [0.2, 0.25) is 0 Å². The number of hydrogen-bond donors (Lipinski definition) is 6. The van der Waals surface area contributed by atoms with Gasteiger partial charge in [-0.25, -0.2) is 0 Å². The van der Waals surface area contributed by atoms with Gasteiger partial charge in [-0.1, -0.05) is 0 Å². The Kier molecular flexibility index (Phi) is 29.4. The van der Waals surface area contributed by atoms with Crippen LogP contribution in [0.1, 0.15) is 0 Å². The van der Waals surface area contributed by atoms with Crippen LogP contribution in [-0.2, 0) is 0 Å². The molecular weight excluding hydrogens is 757 g/mol. The minimum Gasteiger partial charge on any atom is -0.168 e. The summed E-state index contributed by atoms with van der Waals surface area (Å²) in [4.78, 5) is 0. The summed E-state index contributed by atoms with van der Waals surface area (Å²) in [5, 5.41) is 8.56. The molecule has 4 atom stereocenters. The van der Waals surface area contributed by atoms with Gasteiger partial charge in [0.15, 0.2) is 0 Å². The molecule has 1 fully saturated rings. The summed E-state index contributed by atoms with van der Waals surface area (Å²) < 4.78 is 3.38. The molecule has 0 nitrogen and oxygen atoms in total. The highest BCUT2D eigenvalue weighted by Crippen LogP contribution is 2.51. The summed E-state index contributed by atoms with van der Waals surface area (Å²) in [5.41, 5.74) is 0. The molecule has 0 aromatic carbocycles. The SMILES string of the molecule is SCSC(SCS)C(SCS)SCSC1SCSC1SCSC(SCS)C(SCS)SCS. The van der Waals surface area contributed by atoms with Gasteiger partial charge in [-0.2, -0.15) is 75.8 Å². The standard InChI is InChI=1S/C15H30S18/c16-1-22-10(23-2-17)12(26-5-20)28-7-30-14-15(33-9-32-14)31-8-29-13(27-6-21)11(24-3-18)25-4-19/h10-21H,1-9H2. The molecule has 4 unspecified atom stereocenters. The van der Waals surface area contributed by atoms with Gasteiger partial charge in [-0.3, -0.25) is 0 Å². The number of thioether (sulfide) groups is 12. The summed E-state index contributed by atoms with van der Waals surface area (Å²) in [5.74, 6) is 0. The maximum absolute atomic E-state index is 4.48. The van der Waals surface area contributed by atoms with Gasteiger partial charge in [-0.05, 0) is 0 Å². The van der Waals surface area contributed by atoms with E-state index in [2.05, 4.69) is 146 Å². The van der Waals surface area contributed by atoms with Crippen LogP contribution in [0.5, 0.6) is 0 Å². The van der Waals surface area contributed by atoms with Crippen LogP contribution < -0.4 is 0 Å². The minimum absolute atomic E-state index is 0.509. The molecule has 18 heteroatoms. The third-order valence-corrected chi connectivity index (χ3v) is 24.5. The highest BCUT2D eigenvalue weighted by Gasteiger charge is 2.31. The highest BCUT2D eigenvalue weighted by atomic mass is 32.3. The molecule has 1 aliphatic heterocycles. The smallest absolute Gasteiger partial charge is 0.0729 e. The van der Waals surface area contributed by atoms with Crippen molar-refractivity contribution < 1.29 is 0 Å². The zero-order valence-corrected chi connectivity index (χ0v) is 32.6. The lowest BCUT2D eigenvalue weighted by Crippen LogP contribution is -2.16. The van der Waals surface area contributed by atoms with Crippen molar-refractivity contribution in [3.05, 3.63) is 0 Å². The van der Waals surface area contributed by atoms with Gasteiger partial charge in [0.05, 0.1) is 27.5 Å². The topological polar surface area (TPSA) is 0 Å². The van der Waals surface area contributed by atoms with Gasteiger partial charge in [-0.15, -0.1) is 141 Å². The van der Waals surface area contributed by atoms with E-state index in [0.29, 0.717) is 27.5 Å². The first kappa shape index (κ1) is 37.3. The normalized spacial score (nSPS) is 20.7. The number of thiol groups is 6. The maximum atomic E-state index is 4.48. The number of hydrogen-bond acceptors (Lipinski definition) is 18. The van der Waals surface area contributed by atoms with Crippen molar-refractivity contribution in [2.75, 3.05) is 45.8 Å². The molecule has 1 heterocycles. The van der Waals surface area contributed by atoms with Crippen LogP contribution in [0.25, 0.3) is 0 Å². The van der Waals surface area contributed by atoms with E-state index in [1.54, 1.807) is 0 Å². The fourth-order valence-electron chi connectivity index (χ4n) is 2.19. The molecule has 0 radical (unpaired) electrons. The van der Waals surface area contributed by atoms with Crippen molar-refractivity contribution in [3.63, 3.8) is 0 Å². The summed E-state index contributed by atoms with van der Waals surface area (Å²) in [6.07, 6.45) is 0. The fraction of sp³-hybridized carbons (Fsp3) is 1.00. The van der Waals surface area contributed by atoms with E-state index >= 15 is 0 Å². The van der Waals surface area contributed by atoms with E-state index in [1.165, 1.54) is 5.08 Å². The predicted octanol–water partition coefficient (Wildman–Crippen LogP) is 9.95. The molecule has 0 aromatic rings. The first-order valence-electron chi connectivity index (χ1n) is 9.19. The van der Waals surface area contributed by atoms with Gasteiger partial charge in [0, 0.05) is 45.8 Å². The van der Waals surface area contributed by atoms with Crippen molar-refractivity contribution in [2.24, 2.45) is 0 Å². The minimum atomic E-state index is 0.509. The zero-order chi connectivity index (χ0) is 24.3. The van der Waals surface area contributed by atoms with Crippen molar-refractivity contribution in [1.82, 2.24) is 0 Å². The van der Waals surface area contributed by atoms with Crippen LogP contribution in [0.4, 0.5) is 0 Å². The van der Waals surface area contributed by atoms with Gasteiger partial charge in [0.25, 0.3) is 0 Å². The molecule has 1 rings (SSSR count). The maximum Gasteiger partial charge on any atom is 0.0729 e. The van der Waals surface area contributed by atoms with Crippen molar-refractivity contribution >= 4 is 217 Å². The predicted molar refractivity (Wildman–Crippen MR) is 212 cm³/mol. The van der Waals surface area contributed by atoms with Crippen LogP contribution in [-0.4, -0.2) is 73.3 Å². The Morgan fingerprint density at radius 1 is 0.485 bits per heavy atom. The van der Waals surface area contributed by atoms with E-state index in [4.69, 9.17) is 0 Å². The fourth-order valence-corrected chi connectivity index (χ4v) is 26.0. The molecule has 0 saturated carbocycles. The molecule has 1 saturated heterocycles. The van der Waals surface area contributed by atoms with E-state index < -0.39 is 0 Å². The molecule has 0 amide bonds. The molecule has 0 bridgehead atoms. The van der Waals surface area contributed by atoms with Crippen LogP contribution in [0.2, 0.25) is 0 Å². The van der Waals surface area contributed by atoms with Crippen molar-refractivity contribution in [3.8, 4) is 0 Å². The van der Waals surface area contributed by atoms with E-state index in [-0.39, 0.29) is 0 Å². The lowest BCUT2D eigenvalue weighted by atomic mass is 10.9. The second kappa shape index (κ2) is 26.0. The molecule has 0 aromatic heterocycles. The molecule has 198 valence electrons. The summed E-state index contributed by atoms with van der Waals surface area (Å²) >= 11 is 50.9. The van der Waals surface area contributed by atoms with Crippen LogP contribution in [0.3, 0.4) is 0 Å². The molecule has 0 N–H and O–H groups in total. The lowest BCUT2D eigenvalue weighted by molar-refractivity contribution is 1.35. The Morgan fingerprint density at radius 2 is 0.758 bits per heavy atom. The monoisotopic (exact) mass is 786 g/mol. The van der Waals surface area contributed by atoms with Gasteiger partial charge >= 0.3 is 0 Å². The lowest BCUT2D eigenvalue weighted by Gasteiger charge is -2.26. The van der Waals surface area contributed by atoms with Crippen LogP contribution in [0, 0.1) is 0 Å². The molecule has 0 aliphatic carbocycles. The third kappa shape index (κ3) is 17.1. The summed E-state index contributed by atoms with van der Waals surface area (Å²) in [7, 11) is 0. The zero-order valence-electron chi connectivity index (χ0n) is 17.4. The van der Waals surface area contributed by atoms with E-state index in [9.17, 15) is 0 Å². The van der Waals surface area contributed by atoms with E-state index in [1.807, 2.05) is 70.6 Å². The largest absolute Gasteiger partial charge is 0.168 e. The Morgan fingerprint density at radius 3 is 1.03 bits per heavy atom. The van der Waals surface area contributed by atoms with Crippen LogP contribution in [0.15, 0.2) is 0 Å². The number of rotatable bonds is 22. The Hall–Kier alpha value is 6.30. The molecule has 33 heavy (non-hydrogen) atoms. The second-order valence-corrected chi connectivity index (χ2v) is 26.2. The van der Waals surface area contributed by atoms with Crippen LogP contribution >= 0.6 is 217 Å². The van der Waals surface area contributed by atoms with Gasteiger partial charge in [0.1, 0.15) is 0 Å². The quantitative estimate of drug-likeness (QED) is 0.0458. The van der Waals surface area contributed by atoms with E-state index in [0.717, 1.165) is 40.7 Å². The Labute approximate surface area is 285 Å². The Bertz CT molecular complexity index is 395. The first-order valence-corrected chi connectivity index (χ1v) is 25.6. The van der Waals surface area contributed by atoms with Gasteiger partial charge < -0.3 is 0 Å².